The first-order valence-corrected chi connectivity index (χ1v) is 27.8. The average molecular weight is 1030 g/mol. The molecule has 15 heteroatoms. The van der Waals surface area contributed by atoms with Crippen LogP contribution in [0.5, 0.6) is 0 Å². The molecule has 1 aliphatic carbocycles. The predicted octanol–water partition coefficient (Wildman–Crippen LogP) is 3.91. The fourth-order valence-electron chi connectivity index (χ4n) is 13.6. The van der Waals surface area contributed by atoms with Crippen molar-refractivity contribution < 1.29 is 0 Å². The third-order valence-corrected chi connectivity index (χ3v) is 18.4. The van der Waals surface area contributed by atoms with Crippen molar-refractivity contribution in [3.63, 3.8) is 0 Å². The van der Waals surface area contributed by atoms with Crippen LogP contribution in [0, 0.1) is 0 Å². The Balaban J connectivity index is 1.05. The van der Waals surface area contributed by atoms with Crippen molar-refractivity contribution >= 4 is 239 Å². The predicted molar refractivity (Wildman–Crippen MR) is 359 cm³/mol. The molecule has 3 nitrogen and oxygen atoms in total. The summed E-state index contributed by atoms with van der Waals surface area (Å²) in [4.78, 5) is 7.08. The Bertz CT molecular complexity index is 4540. The minimum Gasteiger partial charge on any atom is -0.311 e. The Morgan fingerprint density at radius 3 is 1.49 bits per heavy atom. The quantitative estimate of drug-likeness (QED) is 0.225. The molecule has 2 aliphatic heterocycles. The SMILES string of the molecule is [B]c1c([B])c([B])c(C2(c3c([B])c([B])c([B])c([B])c3[B])c3ccccc3-c3ccc(N4c5cc(N(c6ccccc6)c6ccccc6)ccc5B5c6ccccc6N(c6ccc7sc8ccccc8c7c6)c6cccc4c65)cc32)c([B])c1[B]. The summed E-state index contributed by atoms with van der Waals surface area (Å²) in [6.07, 6.45) is 0. The Kier molecular flexibility index (Phi) is 11.7. The van der Waals surface area contributed by atoms with E-state index in [2.05, 4.69) is 185 Å². The van der Waals surface area contributed by atoms with E-state index in [4.69, 9.17) is 78.5 Å². The lowest BCUT2D eigenvalue weighted by molar-refractivity contribution is 0.793. The van der Waals surface area contributed by atoms with Crippen molar-refractivity contribution in [1.29, 1.82) is 0 Å². The normalized spacial score (nSPS) is 13.4. The lowest BCUT2D eigenvalue weighted by Gasteiger charge is -2.45. The number of hydrogen-bond donors (Lipinski definition) is 0. The Morgan fingerprint density at radius 1 is 0.341 bits per heavy atom. The van der Waals surface area contributed by atoms with Crippen molar-refractivity contribution in [2.24, 2.45) is 0 Å². The summed E-state index contributed by atoms with van der Waals surface area (Å²) in [6, 6.07) is 73.0. The topological polar surface area (TPSA) is 9.72 Å². The van der Waals surface area contributed by atoms with E-state index in [0.29, 0.717) is 16.7 Å². The zero-order chi connectivity index (χ0) is 56.0. The van der Waals surface area contributed by atoms with Crippen molar-refractivity contribution in [2.45, 2.75) is 5.41 Å². The van der Waals surface area contributed by atoms with Gasteiger partial charge in [0.25, 0.3) is 6.71 Å². The van der Waals surface area contributed by atoms with Crippen LogP contribution < -0.4 is 85.7 Å². The fourth-order valence-corrected chi connectivity index (χ4v) is 14.7. The van der Waals surface area contributed by atoms with Crippen LogP contribution in [0.25, 0.3) is 31.3 Å². The minimum atomic E-state index is -1.58. The lowest BCUT2D eigenvalue weighted by Crippen LogP contribution is -2.63. The minimum absolute atomic E-state index is 0.0497. The Morgan fingerprint density at radius 2 is 0.829 bits per heavy atom. The molecule has 82 heavy (non-hydrogen) atoms. The molecule has 3 heterocycles. The van der Waals surface area contributed by atoms with E-state index in [9.17, 15) is 0 Å². The van der Waals surface area contributed by atoms with Crippen LogP contribution in [0.2, 0.25) is 0 Å². The molecule has 0 saturated heterocycles. The Labute approximate surface area is 495 Å². The van der Waals surface area contributed by atoms with Crippen molar-refractivity contribution in [3.8, 4) is 11.1 Å². The van der Waals surface area contributed by atoms with Gasteiger partial charge in [-0.3, -0.25) is 0 Å². The van der Waals surface area contributed by atoms with Gasteiger partial charge in [-0.15, -0.1) is 66.0 Å². The first-order chi connectivity index (χ1) is 39.9. The third-order valence-electron chi connectivity index (χ3n) is 17.2. The highest BCUT2D eigenvalue weighted by molar-refractivity contribution is 7.25. The molecule has 3 aliphatic rings. The second-order valence-electron chi connectivity index (χ2n) is 21.3. The highest BCUT2D eigenvalue weighted by atomic mass is 32.1. The molecular weight excluding hydrogens is 998 g/mol. The van der Waals surface area contributed by atoms with E-state index >= 15 is 0 Å². The van der Waals surface area contributed by atoms with Gasteiger partial charge in [0.2, 0.25) is 0 Å². The third kappa shape index (κ3) is 7.05. The van der Waals surface area contributed by atoms with E-state index in [-0.39, 0.29) is 61.3 Å². The number of anilines is 9. The summed E-state index contributed by atoms with van der Waals surface area (Å²) in [5.74, 6) is 0. The summed E-state index contributed by atoms with van der Waals surface area (Å²) >= 11 is 1.81. The standard InChI is InChI=1S/C67H34B11N3S/c68-56-54(57(69)61(73)64(76)60(56)72)67(55-58(70)62(74)65(77)63(75)59(55)71)44-20-9-7-18-40(44)41-29-26-38(33-45(41)67)81-50-24-13-23-49-66(50)78(47-30-27-39(34-51(47)81)79(35-14-3-1-4-15-35)36-16-5-2-6-17-36)46-21-10-11-22-48(46)80(49)37-28-31-53-43(32-37)42-19-8-12-25-52(42)82-53/h1-34H. The molecule has 0 amide bonds. The van der Waals surface area contributed by atoms with Gasteiger partial charge in [-0.25, -0.2) is 0 Å². The van der Waals surface area contributed by atoms with Crippen molar-refractivity contribution in [1.82, 2.24) is 0 Å². The molecule has 11 aromatic carbocycles. The summed E-state index contributed by atoms with van der Waals surface area (Å²) in [5.41, 5.74) is 15.2. The van der Waals surface area contributed by atoms with E-state index in [1.165, 1.54) is 25.6 Å². The second kappa shape index (κ2) is 18.9. The smallest absolute Gasteiger partial charge is 0.252 e. The van der Waals surface area contributed by atoms with E-state index in [1.807, 2.05) is 47.7 Å². The maximum absolute atomic E-state index is 7.30. The average Bonchev–Trinajstić information content (AvgIpc) is 2.08. The number of rotatable bonds is 7. The number of benzene rings is 11. The van der Waals surface area contributed by atoms with Gasteiger partial charge in [-0.05, 0) is 141 Å². The molecule has 0 unspecified atom stereocenters. The van der Waals surface area contributed by atoms with Gasteiger partial charge >= 0.3 is 0 Å². The number of fused-ring (bicyclic) bond motifs is 10. The molecule has 0 spiro atoms. The molecule has 0 N–H and O–H groups in total. The van der Waals surface area contributed by atoms with Gasteiger partial charge in [0, 0.05) is 71.4 Å². The van der Waals surface area contributed by atoms with Crippen LogP contribution in [0.1, 0.15) is 22.3 Å². The first-order valence-electron chi connectivity index (χ1n) is 26.9. The van der Waals surface area contributed by atoms with E-state index in [0.717, 1.165) is 78.8 Å². The van der Waals surface area contributed by atoms with Crippen molar-refractivity contribution in [2.75, 3.05) is 14.7 Å². The van der Waals surface area contributed by atoms with Gasteiger partial charge in [-0.1, -0.05) is 115 Å². The molecule has 0 atom stereocenters. The van der Waals surface area contributed by atoms with Crippen LogP contribution in [0.4, 0.5) is 51.2 Å². The maximum Gasteiger partial charge on any atom is 0.252 e. The molecule has 0 saturated carbocycles. The molecule has 0 fully saturated rings. The molecule has 15 rings (SSSR count). The number of hydrogen-bond acceptors (Lipinski definition) is 4. The molecule has 1 aromatic heterocycles. The molecule has 356 valence electrons. The number of para-hydroxylation sites is 3. The van der Waals surface area contributed by atoms with Crippen molar-refractivity contribution in [3.05, 3.63) is 229 Å². The van der Waals surface area contributed by atoms with Gasteiger partial charge in [0.1, 0.15) is 78.5 Å². The van der Waals surface area contributed by atoms with E-state index < -0.39 is 5.41 Å². The zero-order valence-corrected chi connectivity index (χ0v) is 45.0. The van der Waals surface area contributed by atoms with Gasteiger partial charge in [0.15, 0.2) is 0 Å². The van der Waals surface area contributed by atoms with E-state index in [1.54, 1.807) is 0 Å². The van der Waals surface area contributed by atoms with Crippen LogP contribution >= 0.6 is 11.3 Å². The van der Waals surface area contributed by atoms with Crippen LogP contribution in [-0.4, -0.2) is 85.2 Å². The lowest BCUT2D eigenvalue weighted by atomic mass is 9.33. The number of nitrogens with zero attached hydrogens (tertiary/aromatic N) is 3. The zero-order valence-electron chi connectivity index (χ0n) is 44.2. The summed E-state index contributed by atoms with van der Waals surface area (Å²) < 4.78 is 2.48. The molecule has 12 aromatic rings. The monoisotopic (exact) mass is 1030 g/mol. The molecule has 0 bridgehead atoms. The second-order valence-corrected chi connectivity index (χ2v) is 22.4. The first kappa shape index (κ1) is 50.7. The van der Waals surface area contributed by atoms with Crippen LogP contribution in [0.3, 0.4) is 0 Å². The van der Waals surface area contributed by atoms with Crippen LogP contribution in [-0.2, 0) is 5.41 Å². The highest BCUT2D eigenvalue weighted by Gasteiger charge is 2.50. The van der Waals surface area contributed by atoms with Gasteiger partial charge in [0.05, 0.1) is 5.41 Å². The molecular formula is C67H34B11N3S. The summed E-state index contributed by atoms with van der Waals surface area (Å²) in [7, 11) is 69.9. The van der Waals surface area contributed by atoms with Crippen LogP contribution in [0.15, 0.2) is 206 Å². The summed E-state index contributed by atoms with van der Waals surface area (Å²) in [5, 5.41) is 2.44. The number of thiophene rings is 1. The highest BCUT2D eigenvalue weighted by Crippen LogP contribution is 2.56. The maximum atomic E-state index is 7.30. The van der Waals surface area contributed by atoms with Gasteiger partial charge < -0.3 is 14.7 Å². The molecule has 20 radical (unpaired) electrons. The Hall–Kier alpha value is -8.25. The van der Waals surface area contributed by atoms with Gasteiger partial charge in [-0.2, -0.15) is 0 Å². The fraction of sp³-hybridized carbons (Fsp3) is 0.0149. The largest absolute Gasteiger partial charge is 0.311 e. The summed E-state index contributed by atoms with van der Waals surface area (Å²) in [6.45, 7) is -0.190.